The Labute approximate surface area is 173 Å². The molecule has 0 aliphatic heterocycles. The molecule has 2 aliphatic carbocycles. The normalized spacial score (nSPS) is 25.1. The van der Waals surface area contributed by atoms with E-state index in [0.29, 0.717) is 17.4 Å². The van der Waals surface area contributed by atoms with Gasteiger partial charge in [0, 0.05) is 12.2 Å². The van der Waals surface area contributed by atoms with Crippen molar-refractivity contribution in [2.45, 2.75) is 51.6 Å². The fraction of sp³-hybridized carbons (Fsp3) is 0.565. The highest BCUT2D eigenvalue weighted by molar-refractivity contribution is 5.97. The van der Waals surface area contributed by atoms with E-state index in [1.165, 1.54) is 25.7 Å². The number of carbonyl (C=O) groups excluding carboxylic acids is 1. The molecule has 156 valence electrons. The molecule has 6 heteroatoms. The van der Waals surface area contributed by atoms with Gasteiger partial charge >= 0.3 is 0 Å². The Balaban J connectivity index is 1.60. The van der Waals surface area contributed by atoms with Crippen molar-refractivity contribution < 1.29 is 14.3 Å². The highest BCUT2D eigenvalue weighted by Crippen LogP contribution is 2.49. The van der Waals surface area contributed by atoms with Crippen LogP contribution >= 0.6 is 0 Å². The molecule has 1 aromatic rings. The number of methoxy groups -OCH3 is 2. The summed E-state index contributed by atoms with van der Waals surface area (Å²) in [5.41, 5.74) is 0.962. The van der Waals surface area contributed by atoms with Crippen LogP contribution in [0, 0.1) is 29.1 Å². The monoisotopic (exact) mass is 397 g/mol. The molecule has 2 bridgehead atoms. The molecule has 3 rings (SSSR count). The average Bonchev–Trinajstić information content (AvgIpc) is 3.37. The summed E-state index contributed by atoms with van der Waals surface area (Å²) in [6.45, 7) is 4.03. The maximum absolute atomic E-state index is 12.6. The van der Waals surface area contributed by atoms with Crippen molar-refractivity contribution in [2.24, 2.45) is 17.8 Å². The molecule has 2 saturated carbocycles. The number of carbonyl (C=O) groups is 1. The summed E-state index contributed by atoms with van der Waals surface area (Å²) < 4.78 is 10.6. The average molecular weight is 398 g/mol. The van der Waals surface area contributed by atoms with Gasteiger partial charge in [0.05, 0.1) is 20.3 Å². The first kappa shape index (κ1) is 21.0. The fourth-order valence-corrected chi connectivity index (χ4v) is 4.87. The van der Waals surface area contributed by atoms with Crippen molar-refractivity contribution in [3.05, 3.63) is 35.5 Å². The Morgan fingerprint density at radius 1 is 1.21 bits per heavy atom. The summed E-state index contributed by atoms with van der Waals surface area (Å²) in [6.07, 6.45) is 6.86. The van der Waals surface area contributed by atoms with Crippen LogP contribution in [0.3, 0.4) is 0 Å². The fourth-order valence-electron chi connectivity index (χ4n) is 4.87. The van der Waals surface area contributed by atoms with Crippen molar-refractivity contribution in [1.82, 2.24) is 10.6 Å². The van der Waals surface area contributed by atoms with Crippen molar-refractivity contribution in [2.75, 3.05) is 14.2 Å². The summed E-state index contributed by atoms with van der Waals surface area (Å²) in [5.74, 6) is 3.15. The first-order valence-corrected chi connectivity index (χ1v) is 10.4. The number of benzene rings is 1. The lowest BCUT2D eigenvalue weighted by atomic mass is 9.84. The van der Waals surface area contributed by atoms with Crippen LogP contribution < -0.4 is 20.1 Å². The molecule has 1 aromatic carbocycles. The molecule has 1 amide bonds. The first-order valence-electron chi connectivity index (χ1n) is 10.4. The van der Waals surface area contributed by atoms with Crippen LogP contribution in [-0.2, 0) is 4.79 Å². The predicted octanol–water partition coefficient (Wildman–Crippen LogP) is 3.70. The van der Waals surface area contributed by atoms with Crippen LogP contribution in [0.5, 0.6) is 11.5 Å². The second kappa shape index (κ2) is 9.21. The number of ether oxygens (including phenoxy) is 2. The van der Waals surface area contributed by atoms with Crippen LogP contribution in [0.15, 0.2) is 30.0 Å². The SMILES string of the molecule is COc1ccc(C(C)NC(=O)/C(C#N)=C\NC(C)C2CC3CCC2C3)cc1OC. The predicted molar refractivity (Wildman–Crippen MR) is 111 cm³/mol. The van der Waals surface area contributed by atoms with E-state index in [2.05, 4.69) is 17.6 Å². The van der Waals surface area contributed by atoms with Crippen molar-refractivity contribution in [3.8, 4) is 17.6 Å². The minimum atomic E-state index is -0.387. The summed E-state index contributed by atoms with van der Waals surface area (Å²) in [5, 5.41) is 15.7. The summed E-state index contributed by atoms with van der Waals surface area (Å²) in [4.78, 5) is 12.6. The van der Waals surface area contributed by atoms with Gasteiger partial charge in [-0.25, -0.2) is 0 Å². The van der Waals surface area contributed by atoms with Crippen LogP contribution in [0.2, 0.25) is 0 Å². The third-order valence-corrected chi connectivity index (χ3v) is 6.55. The Kier molecular flexibility index (Phi) is 6.68. The number of hydrogen-bond acceptors (Lipinski definition) is 5. The van der Waals surface area contributed by atoms with E-state index in [0.717, 1.165) is 17.4 Å². The van der Waals surface area contributed by atoms with E-state index in [9.17, 15) is 10.1 Å². The van der Waals surface area contributed by atoms with Gasteiger partial charge in [0.1, 0.15) is 11.6 Å². The summed E-state index contributed by atoms with van der Waals surface area (Å²) >= 11 is 0. The number of hydrogen-bond donors (Lipinski definition) is 2. The lowest BCUT2D eigenvalue weighted by Crippen LogP contribution is -2.34. The quantitative estimate of drug-likeness (QED) is 0.516. The molecule has 2 fully saturated rings. The number of nitrogens with zero attached hydrogens (tertiary/aromatic N) is 1. The Hall–Kier alpha value is -2.68. The molecule has 0 saturated heterocycles. The number of fused-ring (bicyclic) bond motifs is 2. The highest BCUT2D eigenvalue weighted by Gasteiger charge is 2.41. The molecule has 0 spiro atoms. The van der Waals surface area contributed by atoms with Gasteiger partial charge < -0.3 is 20.1 Å². The highest BCUT2D eigenvalue weighted by atomic mass is 16.5. The molecule has 2 aliphatic rings. The Morgan fingerprint density at radius 2 is 1.97 bits per heavy atom. The molecule has 2 N–H and O–H groups in total. The lowest BCUT2D eigenvalue weighted by Gasteiger charge is -2.28. The Bertz CT molecular complexity index is 814. The van der Waals surface area contributed by atoms with Gasteiger partial charge in [0.15, 0.2) is 11.5 Å². The van der Waals surface area contributed by atoms with E-state index in [1.54, 1.807) is 26.5 Å². The topological polar surface area (TPSA) is 83.4 Å². The molecule has 0 heterocycles. The van der Waals surface area contributed by atoms with E-state index >= 15 is 0 Å². The van der Waals surface area contributed by atoms with Gasteiger partial charge in [-0.15, -0.1) is 0 Å². The van der Waals surface area contributed by atoms with Crippen molar-refractivity contribution >= 4 is 5.91 Å². The summed E-state index contributed by atoms with van der Waals surface area (Å²) in [7, 11) is 3.15. The molecule has 6 nitrogen and oxygen atoms in total. The van der Waals surface area contributed by atoms with E-state index in [-0.39, 0.29) is 23.6 Å². The minimum absolute atomic E-state index is 0.0901. The largest absolute Gasteiger partial charge is 0.493 e. The Morgan fingerprint density at radius 3 is 2.55 bits per heavy atom. The van der Waals surface area contributed by atoms with Crippen LogP contribution in [0.1, 0.15) is 51.1 Å². The molecule has 5 atom stereocenters. The molecule has 5 unspecified atom stereocenters. The number of amides is 1. The zero-order valence-corrected chi connectivity index (χ0v) is 17.7. The van der Waals surface area contributed by atoms with Crippen LogP contribution in [-0.4, -0.2) is 26.2 Å². The van der Waals surface area contributed by atoms with E-state index in [1.807, 2.05) is 25.1 Å². The van der Waals surface area contributed by atoms with Gasteiger partial charge in [-0.05, 0) is 68.6 Å². The van der Waals surface area contributed by atoms with Gasteiger partial charge in [-0.1, -0.05) is 12.5 Å². The third-order valence-electron chi connectivity index (χ3n) is 6.55. The molecular formula is C23H31N3O3. The number of nitriles is 1. The lowest BCUT2D eigenvalue weighted by molar-refractivity contribution is -0.117. The van der Waals surface area contributed by atoms with Gasteiger partial charge in [0.25, 0.3) is 5.91 Å². The first-order chi connectivity index (χ1) is 14.0. The van der Waals surface area contributed by atoms with Gasteiger partial charge in [0.2, 0.25) is 0 Å². The maximum atomic E-state index is 12.6. The molecule has 0 aromatic heterocycles. The van der Waals surface area contributed by atoms with Crippen LogP contribution in [0.4, 0.5) is 0 Å². The molecule has 29 heavy (non-hydrogen) atoms. The van der Waals surface area contributed by atoms with Gasteiger partial charge in [-0.3, -0.25) is 4.79 Å². The second-order valence-electron chi connectivity index (χ2n) is 8.27. The smallest absolute Gasteiger partial charge is 0.263 e. The van der Waals surface area contributed by atoms with Crippen molar-refractivity contribution in [1.29, 1.82) is 5.26 Å². The van der Waals surface area contributed by atoms with Crippen molar-refractivity contribution in [3.63, 3.8) is 0 Å². The summed E-state index contributed by atoms with van der Waals surface area (Å²) in [6, 6.07) is 7.52. The minimum Gasteiger partial charge on any atom is -0.493 e. The van der Waals surface area contributed by atoms with Gasteiger partial charge in [-0.2, -0.15) is 5.26 Å². The van der Waals surface area contributed by atoms with E-state index in [4.69, 9.17) is 9.47 Å². The molecular weight excluding hydrogens is 366 g/mol. The number of nitrogens with one attached hydrogen (secondary N) is 2. The third kappa shape index (κ3) is 4.67. The maximum Gasteiger partial charge on any atom is 0.263 e. The van der Waals surface area contributed by atoms with Crippen LogP contribution in [0.25, 0.3) is 0 Å². The second-order valence-corrected chi connectivity index (χ2v) is 8.27. The number of rotatable bonds is 8. The molecule has 0 radical (unpaired) electrons. The van der Waals surface area contributed by atoms with E-state index < -0.39 is 0 Å². The zero-order chi connectivity index (χ0) is 21.0. The zero-order valence-electron chi connectivity index (χ0n) is 17.7. The standard InChI is InChI=1S/C23H31N3O3/c1-14(17-7-8-21(28-3)22(11-17)29-4)26-23(27)19(12-24)13-25-15(2)20-10-16-5-6-18(20)9-16/h7-8,11,13-16,18,20,25H,5-6,9-10H2,1-4H3,(H,26,27)/b19-13-.